The maximum absolute atomic E-state index is 3.68. The molecular weight excluding hydrogens is 264 g/mol. The Morgan fingerprint density at radius 2 is 2.00 bits per heavy atom. The lowest BCUT2D eigenvalue weighted by Crippen LogP contribution is -2.63. The van der Waals surface area contributed by atoms with Crippen molar-refractivity contribution in [2.24, 2.45) is 5.92 Å². The fraction of sp³-hybridized carbons (Fsp3) is 0.647. The van der Waals surface area contributed by atoms with E-state index in [4.69, 9.17) is 0 Å². The Labute approximate surface area is 128 Å². The third-order valence-electron chi connectivity index (χ3n) is 4.02. The highest BCUT2D eigenvalue weighted by atomic mass is 32.2. The Morgan fingerprint density at radius 3 is 2.65 bits per heavy atom. The second-order valence-corrected chi connectivity index (χ2v) is 7.88. The lowest BCUT2D eigenvalue weighted by atomic mass is 9.93. The Hall–Kier alpha value is -0.510. The minimum absolute atomic E-state index is 0.239. The van der Waals surface area contributed by atoms with Crippen molar-refractivity contribution in [2.45, 2.75) is 44.2 Å². The molecule has 1 atom stereocenters. The fourth-order valence-electron chi connectivity index (χ4n) is 2.89. The Kier molecular flexibility index (Phi) is 5.53. The molecular formula is C17H28N2S. The molecule has 1 aliphatic heterocycles. The number of nitrogens with zero attached hydrogens (tertiary/aromatic N) is 1. The van der Waals surface area contributed by atoms with E-state index in [1.54, 1.807) is 0 Å². The molecule has 0 aliphatic carbocycles. The molecule has 2 nitrogen and oxygen atoms in total. The average molecular weight is 292 g/mol. The lowest BCUT2D eigenvalue weighted by Gasteiger charge is -2.46. The summed E-state index contributed by atoms with van der Waals surface area (Å²) in [7, 11) is 0. The van der Waals surface area contributed by atoms with Crippen LogP contribution in [0, 0.1) is 5.92 Å². The molecule has 20 heavy (non-hydrogen) atoms. The molecule has 0 radical (unpaired) electrons. The molecule has 1 aliphatic rings. The molecule has 1 saturated heterocycles. The zero-order valence-corrected chi connectivity index (χ0v) is 14.0. The summed E-state index contributed by atoms with van der Waals surface area (Å²) in [6.07, 6.45) is 0. The SMILES string of the molecule is CC(C)C1CNC(C)(C)CN1CCSc1ccccc1. The second-order valence-electron chi connectivity index (χ2n) is 6.71. The smallest absolute Gasteiger partial charge is 0.0252 e. The van der Waals surface area contributed by atoms with Crippen LogP contribution in [-0.4, -0.2) is 41.9 Å². The van der Waals surface area contributed by atoms with Gasteiger partial charge in [0.2, 0.25) is 0 Å². The number of rotatable bonds is 5. The van der Waals surface area contributed by atoms with E-state index in [9.17, 15) is 0 Å². The minimum Gasteiger partial charge on any atom is -0.309 e. The van der Waals surface area contributed by atoms with Gasteiger partial charge < -0.3 is 5.32 Å². The van der Waals surface area contributed by atoms with Crippen LogP contribution in [0.25, 0.3) is 0 Å². The monoisotopic (exact) mass is 292 g/mol. The van der Waals surface area contributed by atoms with Crippen molar-refractivity contribution in [3.8, 4) is 0 Å². The van der Waals surface area contributed by atoms with Crippen LogP contribution in [0.2, 0.25) is 0 Å². The summed E-state index contributed by atoms with van der Waals surface area (Å²) in [5.74, 6) is 1.88. The number of benzene rings is 1. The van der Waals surface area contributed by atoms with Gasteiger partial charge in [-0.25, -0.2) is 0 Å². The molecule has 1 fully saturated rings. The van der Waals surface area contributed by atoms with Crippen LogP contribution >= 0.6 is 11.8 Å². The predicted molar refractivity (Wildman–Crippen MR) is 89.4 cm³/mol. The van der Waals surface area contributed by atoms with E-state index >= 15 is 0 Å². The van der Waals surface area contributed by atoms with Crippen molar-refractivity contribution in [1.82, 2.24) is 10.2 Å². The molecule has 1 aromatic carbocycles. The number of hydrogen-bond acceptors (Lipinski definition) is 3. The van der Waals surface area contributed by atoms with Crippen LogP contribution < -0.4 is 5.32 Å². The molecule has 0 bridgehead atoms. The fourth-order valence-corrected chi connectivity index (χ4v) is 3.80. The van der Waals surface area contributed by atoms with E-state index < -0.39 is 0 Å². The highest BCUT2D eigenvalue weighted by Gasteiger charge is 2.33. The third kappa shape index (κ3) is 4.51. The minimum atomic E-state index is 0.239. The van der Waals surface area contributed by atoms with Crippen molar-refractivity contribution in [3.63, 3.8) is 0 Å². The zero-order valence-electron chi connectivity index (χ0n) is 13.2. The quantitative estimate of drug-likeness (QED) is 0.836. The lowest BCUT2D eigenvalue weighted by molar-refractivity contribution is 0.0756. The van der Waals surface area contributed by atoms with Gasteiger partial charge in [-0.3, -0.25) is 4.90 Å². The molecule has 3 heteroatoms. The summed E-state index contributed by atoms with van der Waals surface area (Å²) in [6.45, 7) is 12.7. The van der Waals surface area contributed by atoms with E-state index in [1.807, 2.05) is 11.8 Å². The normalized spacial score (nSPS) is 23.1. The van der Waals surface area contributed by atoms with Crippen LogP contribution in [-0.2, 0) is 0 Å². The van der Waals surface area contributed by atoms with Gasteiger partial charge in [-0.05, 0) is 31.9 Å². The highest BCUT2D eigenvalue weighted by molar-refractivity contribution is 7.99. The molecule has 1 N–H and O–H groups in total. The summed E-state index contributed by atoms with van der Waals surface area (Å²) in [5.41, 5.74) is 0.239. The van der Waals surface area contributed by atoms with Crippen molar-refractivity contribution in [3.05, 3.63) is 30.3 Å². The van der Waals surface area contributed by atoms with Crippen molar-refractivity contribution < 1.29 is 0 Å². The number of nitrogens with one attached hydrogen (secondary N) is 1. The number of piperazine rings is 1. The van der Waals surface area contributed by atoms with E-state index in [1.165, 1.54) is 17.2 Å². The molecule has 0 aromatic heterocycles. The largest absolute Gasteiger partial charge is 0.309 e. The second kappa shape index (κ2) is 6.97. The molecule has 112 valence electrons. The molecule has 0 spiro atoms. The van der Waals surface area contributed by atoms with Gasteiger partial charge in [0, 0.05) is 41.9 Å². The zero-order chi connectivity index (χ0) is 14.6. The summed E-state index contributed by atoms with van der Waals surface area (Å²) < 4.78 is 0. The number of thioether (sulfide) groups is 1. The summed E-state index contributed by atoms with van der Waals surface area (Å²) >= 11 is 1.97. The van der Waals surface area contributed by atoms with Gasteiger partial charge in [0.1, 0.15) is 0 Å². The first kappa shape index (κ1) is 15.9. The first-order valence-corrected chi connectivity index (χ1v) is 8.63. The Bertz CT molecular complexity index is 403. The predicted octanol–water partition coefficient (Wildman–Crippen LogP) is 3.49. The molecule has 1 unspecified atom stereocenters. The Morgan fingerprint density at radius 1 is 1.30 bits per heavy atom. The van der Waals surface area contributed by atoms with Gasteiger partial charge in [0.15, 0.2) is 0 Å². The maximum atomic E-state index is 3.68. The van der Waals surface area contributed by atoms with Gasteiger partial charge in [-0.15, -0.1) is 11.8 Å². The van der Waals surface area contributed by atoms with Gasteiger partial charge in [0.05, 0.1) is 0 Å². The van der Waals surface area contributed by atoms with E-state index in [2.05, 4.69) is 68.2 Å². The average Bonchev–Trinajstić information content (AvgIpc) is 2.38. The number of hydrogen-bond donors (Lipinski definition) is 1. The van der Waals surface area contributed by atoms with E-state index in [0.717, 1.165) is 13.1 Å². The molecule has 0 amide bonds. The van der Waals surface area contributed by atoms with Crippen LogP contribution in [0.3, 0.4) is 0 Å². The molecule has 1 aromatic rings. The first-order chi connectivity index (χ1) is 9.48. The van der Waals surface area contributed by atoms with Gasteiger partial charge >= 0.3 is 0 Å². The van der Waals surface area contributed by atoms with E-state index in [-0.39, 0.29) is 5.54 Å². The van der Waals surface area contributed by atoms with Gasteiger partial charge in [-0.2, -0.15) is 0 Å². The Balaban J connectivity index is 1.87. The standard InChI is InChI=1S/C17H28N2S/c1-14(2)16-12-18-17(3,4)13-19(16)10-11-20-15-8-6-5-7-9-15/h5-9,14,16,18H,10-13H2,1-4H3. The van der Waals surface area contributed by atoms with Gasteiger partial charge in [-0.1, -0.05) is 32.0 Å². The van der Waals surface area contributed by atoms with Crippen LogP contribution in [0.4, 0.5) is 0 Å². The molecule has 2 rings (SSSR count). The van der Waals surface area contributed by atoms with Crippen LogP contribution in [0.1, 0.15) is 27.7 Å². The highest BCUT2D eigenvalue weighted by Crippen LogP contribution is 2.22. The van der Waals surface area contributed by atoms with E-state index in [0.29, 0.717) is 12.0 Å². The van der Waals surface area contributed by atoms with Crippen LogP contribution in [0.15, 0.2) is 35.2 Å². The molecule has 1 heterocycles. The van der Waals surface area contributed by atoms with Crippen LogP contribution in [0.5, 0.6) is 0 Å². The van der Waals surface area contributed by atoms with Gasteiger partial charge in [0.25, 0.3) is 0 Å². The third-order valence-corrected chi connectivity index (χ3v) is 5.01. The maximum Gasteiger partial charge on any atom is 0.0252 e. The molecule has 0 saturated carbocycles. The first-order valence-electron chi connectivity index (χ1n) is 7.65. The van der Waals surface area contributed by atoms with Crippen molar-refractivity contribution >= 4 is 11.8 Å². The topological polar surface area (TPSA) is 15.3 Å². The summed E-state index contributed by atoms with van der Waals surface area (Å²) in [4.78, 5) is 4.06. The summed E-state index contributed by atoms with van der Waals surface area (Å²) in [6, 6.07) is 11.4. The summed E-state index contributed by atoms with van der Waals surface area (Å²) in [5, 5.41) is 3.68. The van der Waals surface area contributed by atoms with Crippen molar-refractivity contribution in [2.75, 3.05) is 25.4 Å². The van der Waals surface area contributed by atoms with Crippen molar-refractivity contribution in [1.29, 1.82) is 0 Å².